The lowest BCUT2D eigenvalue weighted by molar-refractivity contribution is -0.167. The second kappa shape index (κ2) is 66.6. The number of carbonyl (C=O) groups excluding carboxylic acids is 3. The van der Waals surface area contributed by atoms with E-state index in [9.17, 15) is 14.4 Å². The number of unbranched alkanes of at least 4 members (excludes halogenated alkanes) is 31. The number of rotatable bonds is 60. The highest BCUT2D eigenvalue weighted by molar-refractivity contribution is 5.71. The van der Waals surface area contributed by atoms with Crippen LogP contribution in [0, 0.1) is 0 Å². The minimum atomic E-state index is -0.799. The Morgan fingerprint density at radius 1 is 0.266 bits per heavy atom. The highest BCUT2D eigenvalue weighted by atomic mass is 16.6. The molecule has 0 aromatic heterocycles. The van der Waals surface area contributed by atoms with Crippen molar-refractivity contribution in [1.82, 2.24) is 0 Å². The van der Waals surface area contributed by atoms with E-state index in [1.165, 1.54) is 161 Å². The first-order valence-corrected chi connectivity index (χ1v) is 33.4. The molecule has 0 amide bonds. The van der Waals surface area contributed by atoms with E-state index in [4.69, 9.17) is 14.2 Å². The quantitative estimate of drug-likeness (QED) is 0.0261. The summed E-state index contributed by atoms with van der Waals surface area (Å²) in [4.78, 5) is 38.3. The Labute approximate surface area is 489 Å². The Morgan fingerprint density at radius 3 is 0.810 bits per heavy atom. The molecular formula is C73H124O6. The summed E-state index contributed by atoms with van der Waals surface area (Å²) in [5, 5.41) is 0. The first-order valence-electron chi connectivity index (χ1n) is 33.4. The van der Waals surface area contributed by atoms with Crippen LogP contribution < -0.4 is 0 Å². The van der Waals surface area contributed by atoms with Gasteiger partial charge in [0.05, 0.1) is 0 Å². The van der Waals surface area contributed by atoms with Gasteiger partial charge in [0.25, 0.3) is 0 Å². The van der Waals surface area contributed by atoms with Gasteiger partial charge >= 0.3 is 17.9 Å². The van der Waals surface area contributed by atoms with Gasteiger partial charge in [-0.15, -0.1) is 0 Å². The van der Waals surface area contributed by atoms with Crippen molar-refractivity contribution in [2.24, 2.45) is 0 Å². The summed E-state index contributed by atoms with van der Waals surface area (Å²) in [5.74, 6) is -0.927. The SMILES string of the molecule is CC/C=C\C/C=C\C/C=C\C/C=C\C/C=C\C/C=C\C/C=C\CCCCCC(=O)OCC(COC(=O)CCCCCCC/C=C\CCCCCC)OC(=O)CCCCCCCCCCCCC/C=C\CCCCCCCCCC. The Kier molecular flexibility index (Phi) is 63.3. The Hall–Kier alpha value is -3.93. The normalized spacial score (nSPS) is 12.8. The topological polar surface area (TPSA) is 78.9 Å². The fourth-order valence-corrected chi connectivity index (χ4v) is 9.24. The second-order valence-corrected chi connectivity index (χ2v) is 22.0. The van der Waals surface area contributed by atoms with Gasteiger partial charge in [-0.1, -0.05) is 278 Å². The zero-order valence-electron chi connectivity index (χ0n) is 51.9. The van der Waals surface area contributed by atoms with Crippen LogP contribution in [-0.4, -0.2) is 37.2 Å². The van der Waals surface area contributed by atoms with Crippen molar-refractivity contribution in [3.8, 4) is 0 Å². The summed E-state index contributed by atoms with van der Waals surface area (Å²) in [5.41, 5.74) is 0. The van der Waals surface area contributed by atoms with E-state index in [1.54, 1.807) is 0 Å². The van der Waals surface area contributed by atoms with Crippen molar-refractivity contribution in [3.05, 3.63) is 109 Å². The lowest BCUT2D eigenvalue weighted by atomic mass is 10.0. The van der Waals surface area contributed by atoms with Crippen LogP contribution in [0.1, 0.15) is 316 Å². The van der Waals surface area contributed by atoms with E-state index in [0.717, 1.165) is 116 Å². The fourth-order valence-electron chi connectivity index (χ4n) is 9.24. The molecule has 0 aliphatic carbocycles. The summed E-state index contributed by atoms with van der Waals surface area (Å²) in [6, 6.07) is 0. The van der Waals surface area contributed by atoms with E-state index in [1.807, 2.05) is 0 Å². The van der Waals surface area contributed by atoms with Crippen LogP contribution >= 0.6 is 0 Å². The van der Waals surface area contributed by atoms with Crippen molar-refractivity contribution < 1.29 is 28.6 Å². The van der Waals surface area contributed by atoms with Crippen LogP contribution in [0.2, 0.25) is 0 Å². The third-order valence-electron chi connectivity index (χ3n) is 14.2. The third kappa shape index (κ3) is 64.8. The highest BCUT2D eigenvalue weighted by Gasteiger charge is 2.19. The maximum atomic E-state index is 12.9. The summed E-state index contributed by atoms with van der Waals surface area (Å²) in [6.07, 6.45) is 91.0. The summed E-state index contributed by atoms with van der Waals surface area (Å²) in [6.45, 7) is 6.50. The standard InChI is InChI=1S/C73H124O6/c1-4-7-10-13-16-19-22-25-27-29-31-33-35-36-38-39-41-43-45-48-51-54-57-60-63-66-72(75)78-69-70(68-77-71(74)65-62-59-56-53-50-47-24-21-18-15-12-9-6-3)79-73(76)67-64-61-58-55-52-49-46-44-42-40-37-34-32-30-28-26-23-20-17-14-11-8-5-2/h7,10,16,19,21,24-25,27,30-33,36,38,41,43,48,51,70H,4-6,8-9,11-15,17-18,20,22-23,26,28-29,34-35,37,39-40,42,44-47,49-50,52-69H2,1-3H3/b10-7-,19-16-,24-21-,27-25-,32-30-,33-31-,38-36-,43-41-,51-48-. The van der Waals surface area contributed by atoms with Crippen LogP contribution in [-0.2, 0) is 28.6 Å². The zero-order chi connectivity index (χ0) is 57.1. The summed E-state index contributed by atoms with van der Waals surface area (Å²) < 4.78 is 16.9. The van der Waals surface area contributed by atoms with Crippen molar-refractivity contribution in [2.75, 3.05) is 13.2 Å². The Morgan fingerprint density at radius 2 is 0.494 bits per heavy atom. The maximum absolute atomic E-state index is 12.9. The third-order valence-corrected chi connectivity index (χ3v) is 14.2. The van der Waals surface area contributed by atoms with E-state index in [2.05, 4.69) is 130 Å². The van der Waals surface area contributed by atoms with Crippen LogP contribution in [0.15, 0.2) is 109 Å². The van der Waals surface area contributed by atoms with Crippen LogP contribution in [0.25, 0.3) is 0 Å². The fraction of sp³-hybridized carbons (Fsp3) is 0.712. The zero-order valence-corrected chi connectivity index (χ0v) is 51.9. The Bertz CT molecular complexity index is 1590. The van der Waals surface area contributed by atoms with Crippen molar-refractivity contribution >= 4 is 17.9 Å². The molecule has 0 aromatic carbocycles. The average molecular weight is 1100 g/mol. The predicted octanol–water partition coefficient (Wildman–Crippen LogP) is 23.0. The monoisotopic (exact) mass is 1100 g/mol. The minimum Gasteiger partial charge on any atom is -0.462 e. The molecule has 1 atom stereocenters. The molecule has 0 aliphatic heterocycles. The van der Waals surface area contributed by atoms with Crippen LogP contribution in [0.5, 0.6) is 0 Å². The lowest BCUT2D eigenvalue weighted by Gasteiger charge is -2.18. The summed E-state index contributed by atoms with van der Waals surface area (Å²) in [7, 11) is 0. The molecule has 0 spiro atoms. The molecular weight excluding hydrogens is 973 g/mol. The molecule has 0 saturated carbocycles. The van der Waals surface area contributed by atoms with E-state index in [0.29, 0.717) is 19.3 Å². The van der Waals surface area contributed by atoms with Gasteiger partial charge in [0.1, 0.15) is 13.2 Å². The summed E-state index contributed by atoms with van der Waals surface area (Å²) >= 11 is 0. The number of allylic oxidation sites excluding steroid dienone is 18. The molecule has 6 nitrogen and oxygen atoms in total. The van der Waals surface area contributed by atoms with Gasteiger partial charge in [-0.25, -0.2) is 0 Å². The lowest BCUT2D eigenvalue weighted by Crippen LogP contribution is -2.30. The predicted molar refractivity (Wildman–Crippen MR) is 343 cm³/mol. The molecule has 0 radical (unpaired) electrons. The van der Waals surface area contributed by atoms with Gasteiger partial charge in [0, 0.05) is 19.3 Å². The molecule has 6 heteroatoms. The van der Waals surface area contributed by atoms with E-state index >= 15 is 0 Å². The van der Waals surface area contributed by atoms with Crippen LogP contribution in [0.3, 0.4) is 0 Å². The van der Waals surface area contributed by atoms with Crippen LogP contribution in [0.4, 0.5) is 0 Å². The molecule has 0 heterocycles. The second-order valence-electron chi connectivity index (χ2n) is 22.0. The molecule has 0 saturated heterocycles. The van der Waals surface area contributed by atoms with Gasteiger partial charge < -0.3 is 14.2 Å². The molecule has 0 aliphatic rings. The Balaban J connectivity index is 4.40. The maximum Gasteiger partial charge on any atom is 0.306 e. The molecule has 0 N–H and O–H groups in total. The molecule has 0 bridgehead atoms. The molecule has 79 heavy (non-hydrogen) atoms. The first-order chi connectivity index (χ1) is 39.0. The largest absolute Gasteiger partial charge is 0.462 e. The van der Waals surface area contributed by atoms with Crippen molar-refractivity contribution in [3.63, 3.8) is 0 Å². The van der Waals surface area contributed by atoms with E-state index < -0.39 is 6.10 Å². The number of ether oxygens (including phenoxy) is 3. The van der Waals surface area contributed by atoms with Gasteiger partial charge in [0.2, 0.25) is 0 Å². The van der Waals surface area contributed by atoms with Gasteiger partial charge in [-0.2, -0.15) is 0 Å². The molecule has 1 unspecified atom stereocenters. The van der Waals surface area contributed by atoms with Gasteiger partial charge in [-0.05, 0) is 128 Å². The average Bonchev–Trinajstić information content (AvgIpc) is 3.45. The number of esters is 3. The number of hydrogen-bond donors (Lipinski definition) is 0. The highest BCUT2D eigenvalue weighted by Crippen LogP contribution is 2.16. The van der Waals surface area contributed by atoms with Crippen molar-refractivity contribution in [2.45, 2.75) is 322 Å². The van der Waals surface area contributed by atoms with Gasteiger partial charge in [-0.3, -0.25) is 14.4 Å². The van der Waals surface area contributed by atoms with Crippen molar-refractivity contribution in [1.29, 1.82) is 0 Å². The molecule has 0 rings (SSSR count). The smallest absolute Gasteiger partial charge is 0.306 e. The van der Waals surface area contributed by atoms with E-state index in [-0.39, 0.29) is 31.1 Å². The molecule has 452 valence electrons. The minimum absolute atomic E-state index is 0.0933. The number of hydrogen-bond acceptors (Lipinski definition) is 6. The number of carbonyl (C=O) groups is 3. The molecule has 0 aromatic rings. The first kappa shape index (κ1) is 75.1. The van der Waals surface area contributed by atoms with Gasteiger partial charge in [0.15, 0.2) is 6.10 Å². The molecule has 0 fully saturated rings.